The number of ether oxygens (including phenoxy) is 5. The molecule has 5 heterocycles. The van der Waals surface area contributed by atoms with Gasteiger partial charge in [-0.1, -0.05) is 110 Å². The quantitative estimate of drug-likeness (QED) is 0.0387. The van der Waals surface area contributed by atoms with Crippen LogP contribution in [0.4, 0.5) is 16.2 Å². The van der Waals surface area contributed by atoms with Crippen molar-refractivity contribution in [3.05, 3.63) is 195 Å². The molecular weight excluding hydrogens is 1050 g/mol. The number of piperazine rings is 1. The summed E-state index contributed by atoms with van der Waals surface area (Å²) in [5.41, 5.74) is 0.140. The number of esters is 1. The lowest BCUT2D eigenvalue weighted by Crippen LogP contribution is -2.59. The molecule has 4 fully saturated rings. The van der Waals surface area contributed by atoms with Crippen LogP contribution in [0.15, 0.2) is 146 Å². The monoisotopic (exact) mass is 1110 g/mol. The molecule has 420 valence electrons. The molecule has 12 rings (SSSR count). The number of hydrogen-bond acceptors (Lipinski definition) is 15. The van der Waals surface area contributed by atoms with E-state index in [4.69, 9.17) is 23.7 Å². The Bertz CT molecular complexity index is 3460. The minimum Gasteiger partial charge on any atom is -0.491 e. The van der Waals surface area contributed by atoms with Crippen LogP contribution in [-0.4, -0.2) is 112 Å². The van der Waals surface area contributed by atoms with Gasteiger partial charge in [0.1, 0.15) is 42.1 Å². The fraction of sp³-hybridized carbons (Fsp3) is 0.344. The number of non-ortho nitro benzene ring substituents is 1. The van der Waals surface area contributed by atoms with E-state index < -0.39 is 70.0 Å². The van der Waals surface area contributed by atoms with Crippen LogP contribution in [0.3, 0.4) is 0 Å². The Balaban J connectivity index is 1.06. The van der Waals surface area contributed by atoms with Crippen molar-refractivity contribution in [2.45, 2.75) is 86.9 Å². The van der Waals surface area contributed by atoms with E-state index in [1.165, 1.54) is 24.3 Å². The van der Waals surface area contributed by atoms with E-state index in [-0.39, 0.29) is 62.4 Å². The molecule has 6 aromatic rings. The standard InChI is InChI=1S/C64H61N5O13/c70-35-36-78-51-18-10-9-17-48(51)58-64(49-37-42(27-30-63(75)28-11-1-2-12-29-63)21-25-50(49)67(61(64)73)62(74)79-40-43-19-23-47(24-20-43)69(76)77)54(59(71)66-33-31-65(32-34-66)39-44-22-26-52-53(38-44)81-41-80-52)56-60(72)82-57(46-15-7-4-8-16-46)55(68(56)58)45-13-5-3-6-14-45/h3-10,13-26,37-38,54-58,70,75H,1-2,11-12,28-29,31-36,39-41H2/t54-,55-,56-,57+,58+,64-/m0/s1. The van der Waals surface area contributed by atoms with Gasteiger partial charge in [0.15, 0.2) is 11.5 Å². The maximum absolute atomic E-state index is 17.1. The fourth-order valence-electron chi connectivity index (χ4n) is 13.1. The number of nitro groups is 1. The van der Waals surface area contributed by atoms with Gasteiger partial charge in [-0.05, 0) is 102 Å². The summed E-state index contributed by atoms with van der Waals surface area (Å²) in [6.07, 6.45) is 2.35. The van der Waals surface area contributed by atoms with Gasteiger partial charge in [-0.3, -0.25) is 34.3 Å². The number of aliphatic hydroxyl groups excluding tert-OH is 1. The van der Waals surface area contributed by atoms with Gasteiger partial charge in [-0.15, -0.1) is 0 Å². The summed E-state index contributed by atoms with van der Waals surface area (Å²) in [5.74, 6) is 4.23. The zero-order valence-electron chi connectivity index (χ0n) is 45.0. The molecular formula is C64H61N5O13. The number of nitro benzene ring substituents is 1. The van der Waals surface area contributed by atoms with Crippen LogP contribution >= 0.6 is 0 Å². The number of aliphatic hydroxyl groups is 2. The number of carbonyl (C=O) groups is 4. The minimum absolute atomic E-state index is 0.0756. The minimum atomic E-state index is -2.19. The van der Waals surface area contributed by atoms with Gasteiger partial charge in [0.05, 0.1) is 35.2 Å². The SMILES string of the molecule is O=C1O[C@H](c2ccccc2)[C@H](c2ccccc2)N2[C@H]1[C@@H](C(=O)N1CCN(Cc3ccc4c(c3)OCO4)CC1)[C@]1(C(=O)N(C(=O)OCc3ccc([N+](=O)[O-])cc3)c3ccc(C#CC4(O)CCCCCC4)cc31)[C@H]2c1ccccc1OCCO. The van der Waals surface area contributed by atoms with Crippen LogP contribution in [0, 0.1) is 27.9 Å². The van der Waals surface area contributed by atoms with Crippen LogP contribution < -0.4 is 19.1 Å². The molecule has 6 aromatic carbocycles. The van der Waals surface area contributed by atoms with Gasteiger partial charge in [0, 0.05) is 56.0 Å². The highest BCUT2D eigenvalue weighted by Crippen LogP contribution is 2.67. The number of anilines is 1. The number of morpholine rings is 1. The van der Waals surface area contributed by atoms with E-state index in [1.807, 2.05) is 83.8 Å². The van der Waals surface area contributed by atoms with Crippen LogP contribution in [0.2, 0.25) is 0 Å². The van der Waals surface area contributed by atoms with Crippen LogP contribution in [0.5, 0.6) is 17.2 Å². The molecule has 2 N–H and O–H groups in total. The normalized spacial score (nSPS) is 23.7. The summed E-state index contributed by atoms with van der Waals surface area (Å²) in [6.45, 7) is 1.06. The first-order valence-corrected chi connectivity index (χ1v) is 27.9. The molecule has 3 saturated heterocycles. The average molecular weight is 1110 g/mol. The number of nitrogens with zero attached hydrogens (tertiary/aromatic N) is 5. The zero-order chi connectivity index (χ0) is 56.5. The van der Waals surface area contributed by atoms with E-state index in [1.54, 1.807) is 47.4 Å². The summed E-state index contributed by atoms with van der Waals surface area (Å²) in [7, 11) is 0. The molecule has 0 unspecified atom stereocenters. The van der Waals surface area contributed by atoms with Gasteiger partial charge >= 0.3 is 12.1 Å². The number of para-hydroxylation sites is 1. The van der Waals surface area contributed by atoms with E-state index in [2.05, 4.69) is 16.7 Å². The molecule has 18 heteroatoms. The maximum Gasteiger partial charge on any atom is 0.421 e. The molecule has 6 atom stereocenters. The molecule has 0 bridgehead atoms. The Hall–Kier alpha value is -8.60. The maximum atomic E-state index is 17.1. The number of fused-ring (bicyclic) bond motifs is 4. The lowest BCUT2D eigenvalue weighted by atomic mass is 9.64. The number of benzene rings is 6. The molecule has 18 nitrogen and oxygen atoms in total. The first kappa shape index (κ1) is 54.0. The van der Waals surface area contributed by atoms with Gasteiger partial charge in [-0.25, -0.2) is 9.69 Å². The summed E-state index contributed by atoms with van der Waals surface area (Å²) < 4.78 is 30.4. The van der Waals surface area contributed by atoms with Crippen molar-refractivity contribution < 1.29 is 58.0 Å². The summed E-state index contributed by atoms with van der Waals surface area (Å²) in [4.78, 5) is 82.6. The van der Waals surface area contributed by atoms with E-state index in [0.29, 0.717) is 71.8 Å². The third kappa shape index (κ3) is 9.97. The zero-order valence-corrected chi connectivity index (χ0v) is 45.0. The fourth-order valence-corrected chi connectivity index (χ4v) is 13.1. The lowest BCUT2D eigenvalue weighted by Gasteiger charge is -2.46. The second-order valence-electron chi connectivity index (χ2n) is 21.7. The van der Waals surface area contributed by atoms with Crippen molar-refractivity contribution in [3.63, 3.8) is 0 Å². The molecule has 1 spiro atoms. The molecule has 0 aromatic heterocycles. The smallest absolute Gasteiger partial charge is 0.421 e. The van der Waals surface area contributed by atoms with Crippen molar-refractivity contribution in [1.82, 2.24) is 14.7 Å². The predicted molar refractivity (Wildman–Crippen MR) is 298 cm³/mol. The van der Waals surface area contributed by atoms with Crippen molar-refractivity contribution in [2.24, 2.45) is 5.92 Å². The molecule has 3 amide bonds. The Kier molecular flexibility index (Phi) is 15.0. The lowest BCUT2D eigenvalue weighted by molar-refractivity contribution is -0.384. The highest BCUT2D eigenvalue weighted by molar-refractivity contribution is 6.23. The van der Waals surface area contributed by atoms with Crippen LogP contribution in [-0.2, 0) is 42.4 Å². The van der Waals surface area contributed by atoms with Crippen molar-refractivity contribution in [2.75, 3.05) is 51.1 Å². The summed E-state index contributed by atoms with van der Waals surface area (Å²) >= 11 is 0. The van der Waals surface area contributed by atoms with Crippen LogP contribution in [0.1, 0.15) is 95.7 Å². The first-order valence-electron chi connectivity index (χ1n) is 27.9. The third-order valence-corrected chi connectivity index (χ3v) is 16.9. The Morgan fingerprint density at radius 2 is 1.44 bits per heavy atom. The van der Waals surface area contributed by atoms with Gasteiger partial charge < -0.3 is 38.8 Å². The Morgan fingerprint density at radius 3 is 2.16 bits per heavy atom. The highest BCUT2D eigenvalue weighted by atomic mass is 16.7. The first-order chi connectivity index (χ1) is 40.0. The highest BCUT2D eigenvalue weighted by Gasteiger charge is 2.76. The average Bonchev–Trinajstić information content (AvgIpc) is 2.55. The molecule has 5 aliphatic heterocycles. The number of imide groups is 1. The number of cyclic esters (lactones) is 1. The van der Waals surface area contributed by atoms with E-state index in [0.717, 1.165) is 36.1 Å². The van der Waals surface area contributed by atoms with Crippen molar-refractivity contribution in [1.29, 1.82) is 0 Å². The van der Waals surface area contributed by atoms with Crippen molar-refractivity contribution >= 4 is 35.3 Å². The van der Waals surface area contributed by atoms with Gasteiger partial charge in [0.2, 0.25) is 18.6 Å². The van der Waals surface area contributed by atoms with Crippen molar-refractivity contribution in [3.8, 4) is 29.1 Å². The Morgan fingerprint density at radius 1 is 0.756 bits per heavy atom. The molecule has 0 radical (unpaired) electrons. The number of hydrogen-bond donors (Lipinski definition) is 2. The number of amides is 3. The van der Waals surface area contributed by atoms with E-state index in [9.17, 15) is 20.3 Å². The van der Waals surface area contributed by atoms with Crippen LogP contribution in [0.25, 0.3) is 0 Å². The molecule has 1 saturated carbocycles. The number of carbonyl (C=O) groups excluding carboxylic acids is 4. The topological polar surface area (TPSA) is 211 Å². The van der Waals surface area contributed by atoms with Gasteiger partial charge in [-0.2, -0.15) is 0 Å². The second kappa shape index (κ2) is 22.7. The molecule has 1 aliphatic carbocycles. The predicted octanol–water partition coefficient (Wildman–Crippen LogP) is 8.48. The summed E-state index contributed by atoms with van der Waals surface area (Å²) in [6, 6.07) is 38.3. The molecule has 82 heavy (non-hydrogen) atoms. The largest absolute Gasteiger partial charge is 0.491 e. The Labute approximate surface area is 473 Å². The number of rotatable bonds is 12. The molecule has 6 aliphatic rings. The van der Waals surface area contributed by atoms with E-state index >= 15 is 19.2 Å². The third-order valence-electron chi connectivity index (χ3n) is 16.9. The summed E-state index contributed by atoms with van der Waals surface area (Å²) in [5, 5.41) is 33.7. The second-order valence-corrected chi connectivity index (χ2v) is 21.7. The van der Waals surface area contributed by atoms with Gasteiger partial charge in [0.25, 0.3) is 5.69 Å².